The monoisotopic (exact) mass is 299 g/mol. The summed E-state index contributed by atoms with van der Waals surface area (Å²) in [5, 5.41) is 30.0. The summed E-state index contributed by atoms with van der Waals surface area (Å²) in [5.74, 6) is 0.483. The van der Waals surface area contributed by atoms with Crippen molar-refractivity contribution in [2.75, 3.05) is 0 Å². The maximum Gasteiger partial charge on any atom is 0.290 e. The van der Waals surface area contributed by atoms with Crippen molar-refractivity contribution in [2.24, 2.45) is 11.8 Å². The summed E-state index contributed by atoms with van der Waals surface area (Å²) in [4.78, 5) is 11.1. The van der Waals surface area contributed by atoms with Crippen LogP contribution in [0.2, 0.25) is 0 Å². The molecule has 0 atom stereocenters. The lowest BCUT2D eigenvalue weighted by atomic mass is 9.87. The number of nitro groups is 1. The fourth-order valence-corrected chi connectivity index (χ4v) is 2.63. The Morgan fingerprint density at radius 3 is 2.14 bits per heavy atom. The number of nitro benzene ring substituents is 1. The van der Waals surface area contributed by atoms with Crippen LogP contribution in [0.1, 0.15) is 49.9 Å². The zero-order chi connectivity index (χ0) is 16.9. The molecule has 0 aliphatic heterocycles. The lowest BCUT2D eigenvalue weighted by molar-refractivity contribution is -0.386. The zero-order valence-corrected chi connectivity index (χ0v) is 13.5. The van der Waals surface area contributed by atoms with Crippen LogP contribution in [0.15, 0.2) is 6.07 Å². The minimum atomic E-state index is -0.471. The molecule has 0 radical (unpaired) electrons. The number of rotatable bonds is 6. The van der Waals surface area contributed by atoms with E-state index in [1.165, 1.54) is 0 Å². The van der Waals surface area contributed by atoms with Crippen LogP contribution in [0.4, 0.5) is 5.69 Å². The number of hydrogen-bond acceptors (Lipinski definition) is 4. The molecule has 0 unspecified atom stereocenters. The Kier molecular flexibility index (Phi) is 6.07. The van der Waals surface area contributed by atoms with Gasteiger partial charge in [0.15, 0.2) is 0 Å². The van der Waals surface area contributed by atoms with Gasteiger partial charge in [-0.25, -0.2) is 0 Å². The van der Waals surface area contributed by atoms with Gasteiger partial charge < -0.3 is 0 Å². The van der Waals surface area contributed by atoms with Crippen molar-refractivity contribution in [1.82, 2.24) is 0 Å². The molecule has 0 amide bonds. The maximum atomic E-state index is 11.5. The second-order valence-electron chi connectivity index (χ2n) is 6.30. The summed E-state index contributed by atoms with van der Waals surface area (Å²) < 4.78 is 0. The van der Waals surface area contributed by atoms with E-state index < -0.39 is 4.92 Å². The van der Waals surface area contributed by atoms with Crippen molar-refractivity contribution in [2.45, 2.75) is 47.0 Å². The third-order valence-corrected chi connectivity index (χ3v) is 3.38. The van der Waals surface area contributed by atoms with E-state index in [-0.39, 0.29) is 29.5 Å². The normalized spacial score (nSPS) is 10.5. The number of nitrogens with zero attached hydrogens (tertiary/aromatic N) is 3. The van der Waals surface area contributed by atoms with Gasteiger partial charge in [-0.05, 0) is 35.8 Å². The molecule has 0 bridgehead atoms. The van der Waals surface area contributed by atoms with Gasteiger partial charge in [0.25, 0.3) is 5.69 Å². The molecular formula is C17H21N3O2. The standard InChI is InChI=1S/C17H21N3O2/c1-11(2)7-14-9-13(5-6-18)15(8-12(3)4)17(20(21)22)16(14)10-19/h9,11-12H,5,7-8H2,1-4H3. The van der Waals surface area contributed by atoms with Gasteiger partial charge in [0.2, 0.25) is 0 Å². The van der Waals surface area contributed by atoms with E-state index in [4.69, 9.17) is 5.26 Å². The van der Waals surface area contributed by atoms with Crippen LogP contribution in [-0.2, 0) is 19.3 Å². The minimum absolute atomic E-state index is 0.111. The highest BCUT2D eigenvalue weighted by molar-refractivity contribution is 5.62. The van der Waals surface area contributed by atoms with Crippen LogP contribution in [0.3, 0.4) is 0 Å². The smallest absolute Gasteiger partial charge is 0.258 e. The van der Waals surface area contributed by atoms with Crippen LogP contribution < -0.4 is 0 Å². The Morgan fingerprint density at radius 1 is 1.14 bits per heavy atom. The second kappa shape index (κ2) is 7.56. The van der Waals surface area contributed by atoms with Crippen molar-refractivity contribution >= 4 is 5.69 Å². The lowest BCUT2D eigenvalue weighted by Crippen LogP contribution is -2.10. The van der Waals surface area contributed by atoms with E-state index in [2.05, 4.69) is 6.07 Å². The molecule has 0 aliphatic rings. The predicted octanol–water partition coefficient (Wildman–Crippen LogP) is 3.93. The van der Waals surface area contributed by atoms with Crippen LogP contribution in [-0.4, -0.2) is 4.92 Å². The first-order valence-corrected chi connectivity index (χ1v) is 7.40. The van der Waals surface area contributed by atoms with Crippen molar-refractivity contribution in [3.63, 3.8) is 0 Å². The highest BCUT2D eigenvalue weighted by atomic mass is 16.6. The highest BCUT2D eigenvalue weighted by Gasteiger charge is 2.27. The summed E-state index contributed by atoms with van der Waals surface area (Å²) in [7, 11) is 0. The van der Waals surface area contributed by atoms with Gasteiger partial charge in [0, 0.05) is 5.56 Å². The Bertz CT molecular complexity index is 649. The topological polar surface area (TPSA) is 90.7 Å². The van der Waals surface area contributed by atoms with Gasteiger partial charge in [-0.1, -0.05) is 33.8 Å². The summed E-state index contributed by atoms with van der Waals surface area (Å²) in [6.07, 6.45) is 1.20. The molecule has 0 aromatic heterocycles. The second-order valence-corrected chi connectivity index (χ2v) is 6.30. The number of benzene rings is 1. The molecule has 0 aliphatic carbocycles. The fourth-order valence-electron chi connectivity index (χ4n) is 2.63. The Hall–Kier alpha value is -2.40. The third kappa shape index (κ3) is 4.05. The summed E-state index contributed by atoms with van der Waals surface area (Å²) >= 11 is 0. The molecule has 22 heavy (non-hydrogen) atoms. The van der Waals surface area contributed by atoms with Crippen molar-refractivity contribution < 1.29 is 4.92 Å². The molecule has 0 spiro atoms. The number of hydrogen-bond donors (Lipinski definition) is 0. The lowest BCUT2D eigenvalue weighted by Gasteiger charge is -2.15. The quantitative estimate of drug-likeness (QED) is 0.587. The molecule has 5 heteroatoms. The molecule has 0 saturated heterocycles. The van der Waals surface area contributed by atoms with Gasteiger partial charge in [0.1, 0.15) is 11.6 Å². The molecule has 116 valence electrons. The van der Waals surface area contributed by atoms with Crippen LogP contribution in [0.25, 0.3) is 0 Å². The van der Waals surface area contributed by atoms with E-state index in [1.807, 2.05) is 39.8 Å². The van der Waals surface area contributed by atoms with Crippen molar-refractivity contribution in [1.29, 1.82) is 10.5 Å². The Balaban J connectivity index is 3.70. The van der Waals surface area contributed by atoms with E-state index in [9.17, 15) is 15.4 Å². The largest absolute Gasteiger partial charge is 0.290 e. The summed E-state index contributed by atoms with van der Waals surface area (Å²) in [6.45, 7) is 7.93. The van der Waals surface area contributed by atoms with E-state index in [1.54, 1.807) is 0 Å². The molecule has 1 aromatic carbocycles. The van der Waals surface area contributed by atoms with Gasteiger partial charge in [0.05, 0.1) is 17.4 Å². The average Bonchev–Trinajstić information content (AvgIpc) is 2.39. The maximum absolute atomic E-state index is 11.5. The molecule has 0 heterocycles. The van der Waals surface area contributed by atoms with E-state index in [0.717, 1.165) is 0 Å². The first-order chi connectivity index (χ1) is 10.3. The van der Waals surface area contributed by atoms with Gasteiger partial charge in [-0.15, -0.1) is 0 Å². The Morgan fingerprint density at radius 2 is 1.73 bits per heavy atom. The molecule has 5 nitrogen and oxygen atoms in total. The van der Waals surface area contributed by atoms with Gasteiger partial charge in [-0.2, -0.15) is 10.5 Å². The molecule has 0 N–H and O–H groups in total. The zero-order valence-electron chi connectivity index (χ0n) is 13.5. The molecule has 0 saturated carbocycles. The highest BCUT2D eigenvalue weighted by Crippen LogP contribution is 2.33. The molecular weight excluding hydrogens is 278 g/mol. The average molecular weight is 299 g/mol. The third-order valence-electron chi connectivity index (χ3n) is 3.38. The number of nitriles is 2. The molecule has 1 rings (SSSR count). The summed E-state index contributed by atoms with van der Waals surface area (Å²) in [5.41, 5.74) is 1.92. The minimum Gasteiger partial charge on any atom is -0.258 e. The Labute approximate surface area is 131 Å². The van der Waals surface area contributed by atoms with Crippen LogP contribution >= 0.6 is 0 Å². The summed E-state index contributed by atoms with van der Waals surface area (Å²) in [6, 6.07) is 5.90. The fraction of sp³-hybridized carbons (Fsp3) is 0.529. The first-order valence-electron chi connectivity index (χ1n) is 7.40. The van der Waals surface area contributed by atoms with E-state index >= 15 is 0 Å². The van der Waals surface area contributed by atoms with Gasteiger partial charge >= 0.3 is 0 Å². The van der Waals surface area contributed by atoms with Crippen LogP contribution in [0, 0.1) is 44.6 Å². The molecule has 1 aromatic rings. The molecule has 0 fully saturated rings. The van der Waals surface area contributed by atoms with Crippen LogP contribution in [0.5, 0.6) is 0 Å². The SMILES string of the molecule is CC(C)Cc1cc(CC#N)c(CC(C)C)c([N+](=O)[O-])c1C#N. The first kappa shape index (κ1) is 17.7. The van der Waals surface area contributed by atoms with Crippen molar-refractivity contribution in [3.05, 3.63) is 38.4 Å². The van der Waals surface area contributed by atoms with Crippen molar-refractivity contribution in [3.8, 4) is 12.1 Å². The van der Waals surface area contributed by atoms with E-state index in [0.29, 0.717) is 29.5 Å². The van der Waals surface area contributed by atoms with Gasteiger partial charge in [-0.3, -0.25) is 10.1 Å². The predicted molar refractivity (Wildman–Crippen MR) is 84.2 cm³/mol.